The van der Waals surface area contributed by atoms with Gasteiger partial charge in [0.1, 0.15) is 0 Å². The van der Waals surface area contributed by atoms with Gasteiger partial charge in [-0.15, -0.1) is 24.0 Å². The molecule has 1 unspecified atom stereocenters. The molecule has 1 aromatic rings. The molecule has 9 heteroatoms. The van der Waals surface area contributed by atoms with E-state index in [0.717, 1.165) is 6.42 Å². The molecule has 0 saturated heterocycles. The van der Waals surface area contributed by atoms with Crippen molar-refractivity contribution in [3.8, 4) is 0 Å². The predicted molar refractivity (Wildman–Crippen MR) is 120 cm³/mol. The van der Waals surface area contributed by atoms with Crippen LogP contribution in [0.1, 0.15) is 19.8 Å². The van der Waals surface area contributed by atoms with Crippen molar-refractivity contribution in [3.05, 3.63) is 30.3 Å². The molecule has 2 N–H and O–H groups in total. The van der Waals surface area contributed by atoms with Crippen molar-refractivity contribution in [2.75, 3.05) is 46.3 Å². The number of rotatable bonds is 12. The summed E-state index contributed by atoms with van der Waals surface area (Å²) < 4.78 is 35.4. The summed E-state index contributed by atoms with van der Waals surface area (Å²) in [7, 11) is -0.0295. The van der Waals surface area contributed by atoms with E-state index in [0.29, 0.717) is 43.6 Å². The summed E-state index contributed by atoms with van der Waals surface area (Å²) in [4.78, 5) is 4.51. The van der Waals surface area contributed by atoms with Crippen molar-refractivity contribution < 1.29 is 17.9 Å². The normalized spacial score (nSPS) is 12.9. The first-order valence-corrected chi connectivity index (χ1v) is 10.5. The first kappa shape index (κ1) is 26.1. The molecule has 1 atom stereocenters. The van der Waals surface area contributed by atoms with E-state index in [1.165, 1.54) is 0 Å². The van der Waals surface area contributed by atoms with Gasteiger partial charge in [0.25, 0.3) is 0 Å². The minimum absolute atomic E-state index is 0. The lowest BCUT2D eigenvalue weighted by Gasteiger charge is -2.20. The van der Waals surface area contributed by atoms with Gasteiger partial charge in [-0.3, -0.25) is 4.99 Å². The second-order valence-electron chi connectivity index (χ2n) is 5.80. The van der Waals surface area contributed by atoms with Crippen LogP contribution in [0, 0.1) is 0 Å². The Morgan fingerprint density at radius 1 is 1.19 bits per heavy atom. The maximum absolute atomic E-state index is 12.5. The lowest BCUT2D eigenvalue weighted by Crippen LogP contribution is -2.46. The van der Waals surface area contributed by atoms with Crippen LogP contribution >= 0.6 is 24.0 Å². The fourth-order valence-corrected chi connectivity index (χ4v) is 3.88. The minimum atomic E-state index is -3.34. The standard InChI is InChI=1S/C18H31N3O4S.HI/c1-4-16(15-26(22,23)17-9-6-5-7-10-17)21-18(19-2)20-11-8-12-25-14-13-24-3;/h5-7,9-10,16H,4,8,11-15H2,1-3H3,(H2,19,20,21);1H. The highest BCUT2D eigenvalue weighted by Gasteiger charge is 2.20. The highest BCUT2D eigenvalue weighted by atomic mass is 127. The predicted octanol–water partition coefficient (Wildman–Crippen LogP) is 2.07. The highest BCUT2D eigenvalue weighted by molar-refractivity contribution is 14.0. The van der Waals surface area contributed by atoms with E-state index < -0.39 is 9.84 Å². The van der Waals surface area contributed by atoms with Gasteiger partial charge < -0.3 is 20.1 Å². The van der Waals surface area contributed by atoms with Crippen molar-refractivity contribution in [3.63, 3.8) is 0 Å². The maximum Gasteiger partial charge on any atom is 0.191 e. The molecule has 0 bridgehead atoms. The molecule has 0 radical (unpaired) electrons. The zero-order valence-electron chi connectivity index (χ0n) is 16.3. The second kappa shape index (κ2) is 15.1. The van der Waals surface area contributed by atoms with Crippen molar-refractivity contribution in [2.45, 2.75) is 30.7 Å². The van der Waals surface area contributed by atoms with Crippen LogP contribution in [0.5, 0.6) is 0 Å². The SMILES string of the molecule is CCC(CS(=O)(=O)c1ccccc1)NC(=NC)NCCCOCCOC.I. The molecule has 0 aliphatic heterocycles. The van der Waals surface area contributed by atoms with Crippen LogP contribution in [0.2, 0.25) is 0 Å². The van der Waals surface area contributed by atoms with Crippen molar-refractivity contribution >= 4 is 39.8 Å². The first-order chi connectivity index (χ1) is 12.5. The lowest BCUT2D eigenvalue weighted by atomic mass is 10.3. The summed E-state index contributed by atoms with van der Waals surface area (Å²) >= 11 is 0. The van der Waals surface area contributed by atoms with E-state index in [2.05, 4.69) is 15.6 Å². The zero-order valence-corrected chi connectivity index (χ0v) is 19.5. The molecule has 1 aromatic carbocycles. The van der Waals surface area contributed by atoms with Gasteiger partial charge in [0.15, 0.2) is 15.8 Å². The Morgan fingerprint density at radius 2 is 1.89 bits per heavy atom. The lowest BCUT2D eigenvalue weighted by molar-refractivity contribution is 0.0698. The van der Waals surface area contributed by atoms with E-state index in [9.17, 15) is 8.42 Å². The number of aliphatic imine (C=N–C) groups is 1. The van der Waals surface area contributed by atoms with E-state index in [-0.39, 0.29) is 35.8 Å². The molecule has 0 heterocycles. The smallest absolute Gasteiger partial charge is 0.191 e. The molecule has 0 fully saturated rings. The topological polar surface area (TPSA) is 89.0 Å². The molecule has 0 spiro atoms. The molecule has 0 aromatic heterocycles. The van der Waals surface area contributed by atoms with E-state index in [4.69, 9.17) is 9.47 Å². The molecule has 1 rings (SSSR count). The summed E-state index contributed by atoms with van der Waals surface area (Å²) in [5.41, 5.74) is 0. The largest absolute Gasteiger partial charge is 0.382 e. The van der Waals surface area contributed by atoms with Crippen LogP contribution in [0.4, 0.5) is 0 Å². The Hall–Kier alpha value is -0.910. The third kappa shape index (κ3) is 10.9. The third-order valence-electron chi connectivity index (χ3n) is 3.77. The Bertz CT molecular complexity index is 627. The van der Waals surface area contributed by atoms with E-state index >= 15 is 0 Å². The van der Waals surface area contributed by atoms with Gasteiger partial charge in [0, 0.05) is 33.4 Å². The Balaban J connectivity index is 0.00000676. The van der Waals surface area contributed by atoms with Crippen LogP contribution in [0.3, 0.4) is 0 Å². The van der Waals surface area contributed by atoms with Crippen LogP contribution in [0.25, 0.3) is 0 Å². The van der Waals surface area contributed by atoms with Gasteiger partial charge in [0.2, 0.25) is 0 Å². The second-order valence-corrected chi connectivity index (χ2v) is 7.84. The Kier molecular flexibility index (Phi) is 14.6. The number of nitrogens with zero attached hydrogens (tertiary/aromatic N) is 1. The molecule has 7 nitrogen and oxygen atoms in total. The Morgan fingerprint density at radius 3 is 2.48 bits per heavy atom. The van der Waals surface area contributed by atoms with Gasteiger partial charge in [-0.05, 0) is 25.0 Å². The number of methoxy groups -OCH3 is 1. The summed E-state index contributed by atoms with van der Waals surface area (Å²) in [6.45, 7) is 4.44. The molecule has 0 amide bonds. The van der Waals surface area contributed by atoms with E-state index in [1.807, 2.05) is 6.92 Å². The third-order valence-corrected chi connectivity index (χ3v) is 5.60. The van der Waals surface area contributed by atoms with Crippen LogP contribution in [-0.2, 0) is 19.3 Å². The number of guanidine groups is 1. The average molecular weight is 513 g/mol. The molecule has 0 saturated carbocycles. The van der Waals surface area contributed by atoms with Gasteiger partial charge in [-0.2, -0.15) is 0 Å². The number of halogens is 1. The maximum atomic E-state index is 12.5. The zero-order chi connectivity index (χ0) is 19.3. The quantitative estimate of drug-likeness (QED) is 0.193. The van der Waals surface area contributed by atoms with Gasteiger partial charge in [0.05, 0.1) is 23.9 Å². The van der Waals surface area contributed by atoms with Crippen LogP contribution in [0.15, 0.2) is 40.2 Å². The number of hydrogen-bond acceptors (Lipinski definition) is 5. The molecular formula is C18H32IN3O4S. The van der Waals surface area contributed by atoms with E-state index in [1.54, 1.807) is 44.5 Å². The van der Waals surface area contributed by atoms with Crippen LogP contribution in [-0.4, -0.2) is 66.7 Å². The van der Waals surface area contributed by atoms with Gasteiger partial charge in [-0.25, -0.2) is 8.42 Å². The van der Waals surface area contributed by atoms with Gasteiger partial charge in [-0.1, -0.05) is 25.1 Å². The number of ether oxygens (including phenoxy) is 2. The number of benzene rings is 1. The summed E-state index contributed by atoms with van der Waals surface area (Å²) in [6.07, 6.45) is 1.50. The fourth-order valence-electron chi connectivity index (χ4n) is 2.26. The van der Waals surface area contributed by atoms with Crippen molar-refractivity contribution in [1.29, 1.82) is 0 Å². The monoisotopic (exact) mass is 513 g/mol. The number of nitrogens with one attached hydrogen (secondary N) is 2. The molecule has 156 valence electrons. The highest BCUT2D eigenvalue weighted by Crippen LogP contribution is 2.12. The Labute approximate surface area is 180 Å². The molecular weight excluding hydrogens is 481 g/mol. The summed E-state index contributed by atoms with van der Waals surface area (Å²) in [5, 5.41) is 6.37. The summed E-state index contributed by atoms with van der Waals surface area (Å²) in [6, 6.07) is 8.30. The average Bonchev–Trinajstić information content (AvgIpc) is 2.66. The van der Waals surface area contributed by atoms with Crippen molar-refractivity contribution in [2.24, 2.45) is 4.99 Å². The molecule has 0 aliphatic carbocycles. The molecule has 27 heavy (non-hydrogen) atoms. The first-order valence-electron chi connectivity index (χ1n) is 8.85. The van der Waals surface area contributed by atoms with Crippen molar-refractivity contribution in [1.82, 2.24) is 10.6 Å². The summed E-state index contributed by atoms with van der Waals surface area (Å²) in [5.74, 6) is 0.617. The van der Waals surface area contributed by atoms with Crippen LogP contribution < -0.4 is 10.6 Å². The minimum Gasteiger partial charge on any atom is -0.382 e. The number of hydrogen-bond donors (Lipinski definition) is 2. The molecule has 0 aliphatic rings. The van der Waals surface area contributed by atoms with Gasteiger partial charge >= 0.3 is 0 Å². The number of sulfone groups is 1. The fraction of sp³-hybridized carbons (Fsp3) is 0.611.